The van der Waals surface area contributed by atoms with Gasteiger partial charge < -0.3 is 4.74 Å². The lowest BCUT2D eigenvalue weighted by atomic mass is 10.3. The predicted octanol–water partition coefficient (Wildman–Crippen LogP) is 1.63. The standard InChI is InChI=1S/C11H12N4O/c1-2-16-11(12)10-8-13-15(14-10)9-6-4-3-5-7-9/h3-8,12H,2H2,1H3. The van der Waals surface area contributed by atoms with Crippen LogP contribution in [-0.2, 0) is 4.74 Å². The fourth-order valence-electron chi connectivity index (χ4n) is 1.27. The highest BCUT2D eigenvalue weighted by Crippen LogP contribution is 2.04. The van der Waals surface area contributed by atoms with Crippen LogP contribution >= 0.6 is 0 Å². The molecule has 2 rings (SSSR count). The summed E-state index contributed by atoms with van der Waals surface area (Å²) >= 11 is 0. The first-order chi connectivity index (χ1) is 7.81. The van der Waals surface area contributed by atoms with Crippen LogP contribution in [0.2, 0.25) is 0 Å². The molecular formula is C11H12N4O. The van der Waals surface area contributed by atoms with Crippen LogP contribution in [-0.4, -0.2) is 27.5 Å². The van der Waals surface area contributed by atoms with E-state index in [1.165, 1.54) is 11.0 Å². The van der Waals surface area contributed by atoms with Gasteiger partial charge in [-0.15, -0.1) is 5.10 Å². The van der Waals surface area contributed by atoms with Gasteiger partial charge in [0.25, 0.3) is 0 Å². The SMILES string of the molecule is CCOC(=N)c1cnn(-c2ccccc2)n1. The molecule has 0 radical (unpaired) electrons. The fourth-order valence-corrected chi connectivity index (χ4v) is 1.27. The largest absolute Gasteiger partial charge is 0.477 e. The van der Waals surface area contributed by atoms with E-state index in [-0.39, 0.29) is 5.90 Å². The third-order valence-corrected chi connectivity index (χ3v) is 2.00. The van der Waals surface area contributed by atoms with Crippen LogP contribution < -0.4 is 0 Å². The highest BCUT2D eigenvalue weighted by Gasteiger charge is 2.08. The van der Waals surface area contributed by atoms with Crippen LogP contribution in [0.1, 0.15) is 12.6 Å². The van der Waals surface area contributed by atoms with E-state index < -0.39 is 0 Å². The molecule has 2 aromatic rings. The highest BCUT2D eigenvalue weighted by atomic mass is 16.5. The van der Waals surface area contributed by atoms with Gasteiger partial charge in [-0.05, 0) is 19.1 Å². The van der Waals surface area contributed by atoms with Gasteiger partial charge in [0.05, 0.1) is 18.5 Å². The molecule has 16 heavy (non-hydrogen) atoms. The molecule has 0 aliphatic carbocycles. The summed E-state index contributed by atoms with van der Waals surface area (Å²) in [4.78, 5) is 1.48. The molecular weight excluding hydrogens is 204 g/mol. The Balaban J connectivity index is 2.23. The maximum atomic E-state index is 7.57. The molecule has 0 saturated carbocycles. The number of aromatic nitrogens is 3. The first-order valence-electron chi connectivity index (χ1n) is 5.00. The van der Waals surface area contributed by atoms with Crippen molar-refractivity contribution in [1.29, 1.82) is 5.41 Å². The molecule has 0 atom stereocenters. The van der Waals surface area contributed by atoms with Gasteiger partial charge in [0.15, 0.2) is 5.69 Å². The summed E-state index contributed by atoms with van der Waals surface area (Å²) < 4.78 is 5.04. The van der Waals surface area contributed by atoms with Crippen LogP contribution in [0.3, 0.4) is 0 Å². The normalized spacial score (nSPS) is 10.1. The zero-order chi connectivity index (χ0) is 11.4. The van der Waals surface area contributed by atoms with Crippen molar-refractivity contribution >= 4 is 5.90 Å². The van der Waals surface area contributed by atoms with Gasteiger partial charge in [0.1, 0.15) is 0 Å². The molecule has 0 fully saturated rings. The van der Waals surface area contributed by atoms with Crippen LogP contribution in [0, 0.1) is 5.41 Å². The van der Waals surface area contributed by atoms with Gasteiger partial charge in [0, 0.05) is 0 Å². The van der Waals surface area contributed by atoms with Gasteiger partial charge in [-0.3, -0.25) is 5.41 Å². The third kappa shape index (κ3) is 2.08. The molecule has 82 valence electrons. The number of hydrogen-bond acceptors (Lipinski definition) is 4. The topological polar surface area (TPSA) is 63.8 Å². The van der Waals surface area contributed by atoms with Crippen molar-refractivity contribution in [2.75, 3.05) is 6.61 Å². The molecule has 0 aliphatic rings. The van der Waals surface area contributed by atoms with E-state index in [4.69, 9.17) is 10.1 Å². The lowest BCUT2D eigenvalue weighted by Gasteiger charge is -2.00. The lowest BCUT2D eigenvalue weighted by molar-refractivity contribution is 0.324. The van der Waals surface area contributed by atoms with Crippen LogP contribution in [0.15, 0.2) is 36.5 Å². The number of rotatable bonds is 3. The average Bonchev–Trinajstić information content (AvgIpc) is 2.80. The Hall–Kier alpha value is -2.17. The van der Waals surface area contributed by atoms with E-state index >= 15 is 0 Å². The van der Waals surface area contributed by atoms with Gasteiger partial charge in [0.2, 0.25) is 5.90 Å². The fraction of sp³-hybridized carbons (Fsp3) is 0.182. The molecule has 0 amide bonds. The Morgan fingerprint density at radius 1 is 1.38 bits per heavy atom. The molecule has 0 aliphatic heterocycles. The Bertz CT molecular complexity index is 478. The number of para-hydroxylation sites is 1. The van der Waals surface area contributed by atoms with Crippen molar-refractivity contribution in [2.24, 2.45) is 0 Å². The lowest BCUT2D eigenvalue weighted by Crippen LogP contribution is -2.06. The monoisotopic (exact) mass is 216 g/mol. The van der Waals surface area contributed by atoms with E-state index in [9.17, 15) is 0 Å². The van der Waals surface area contributed by atoms with E-state index in [2.05, 4.69) is 10.2 Å². The van der Waals surface area contributed by atoms with E-state index in [0.29, 0.717) is 12.3 Å². The van der Waals surface area contributed by atoms with Gasteiger partial charge in [-0.1, -0.05) is 18.2 Å². The molecule has 1 heterocycles. The second-order valence-corrected chi connectivity index (χ2v) is 3.12. The summed E-state index contributed by atoms with van der Waals surface area (Å²) in [6.07, 6.45) is 1.52. The molecule has 1 aromatic heterocycles. The Morgan fingerprint density at radius 2 is 2.12 bits per heavy atom. The molecule has 0 unspecified atom stereocenters. The summed E-state index contributed by atoms with van der Waals surface area (Å²) in [6, 6.07) is 9.54. The number of nitrogens with one attached hydrogen (secondary N) is 1. The highest BCUT2D eigenvalue weighted by molar-refractivity contribution is 5.89. The van der Waals surface area contributed by atoms with Crippen molar-refractivity contribution in [3.63, 3.8) is 0 Å². The van der Waals surface area contributed by atoms with E-state index in [1.807, 2.05) is 37.3 Å². The van der Waals surface area contributed by atoms with Crippen LogP contribution in [0.4, 0.5) is 0 Å². The molecule has 0 spiro atoms. The van der Waals surface area contributed by atoms with Crippen molar-refractivity contribution in [2.45, 2.75) is 6.92 Å². The van der Waals surface area contributed by atoms with E-state index in [0.717, 1.165) is 5.69 Å². The minimum atomic E-state index is 0.0460. The Morgan fingerprint density at radius 3 is 2.81 bits per heavy atom. The predicted molar refractivity (Wildman–Crippen MR) is 59.8 cm³/mol. The maximum Gasteiger partial charge on any atom is 0.236 e. The number of nitrogens with zero attached hydrogens (tertiary/aromatic N) is 3. The summed E-state index contributed by atoms with van der Waals surface area (Å²) in [5, 5.41) is 15.8. The quantitative estimate of drug-likeness (QED) is 0.626. The number of benzene rings is 1. The molecule has 1 N–H and O–H groups in total. The first-order valence-corrected chi connectivity index (χ1v) is 5.00. The Labute approximate surface area is 93.2 Å². The van der Waals surface area contributed by atoms with Gasteiger partial charge in [-0.2, -0.15) is 9.90 Å². The molecule has 1 aromatic carbocycles. The second-order valence-electron chi connectivity index (χ2n) is 3.12. The summed E-state index contributed by atoms with van der Waals surface area (Å²) in [5.74, 6) is 0.0460. The minimum absolute atomic E-state index is 0.0460. The summed E-state index contributed by atoms with van der Waals surface area (Å²) in [5.41, 5.74) is 1.30. The summed E-state index contributed by atoms with van der Waals surface area (Å²) in [7, 11) is 0. The van der Waals surface area contributed by atoms with E-state index in [1.54, 1.807) is 0 Å². The van der Waals surface area contributed by atoms with Gasteiger partial charge in [-0.25, -0.2) is 0 Å². The number of hydrogen-bond donors (Lipinski definition) is 1. The third-order valence-electron chi connectivity index (χ3n) is 2.00. The van der Waals surface area contributed by atoms with Crippen molar-refractivity contribution < 1.29 is 4.74 Å². The molecule has 5 heteroatoms. The first kappa shape index (κ1) is 10.4. The zero-order valence-corrected chi connectivity index (χ0v) is 8.92. The Kier molecular flexibility index (Phi) is 2.95. The van der Waals surface area contributed by atoms with Crippen LogP contribution in [0.25, 0.3) is 5.69 Å². The maximum absolute atomic E-state index is 7.57. The van der Waals surface area contributed by atoms with Gasteiger partial charge >= 0.3 is 0 Å². The minimum Gasteiger partial charge on any atom is -0.477 e. The zero-order valence-electron chi connectivity index (χ0n) is 8.92. The van der Waals surface area contributed by atoms with Crippen molar-refractivity contribution in [1.82, 2.24) is 15.0 Å². The van der Waals surface area contributed by atoms with Crippen molar-refractivity contribution in [3.8, 4) is 5.69 Å². The molecule has 0 bridgehead atoms. The van der Waals surface area contributed by atoms with Crippen molar-refractivity contribution in [3.05, 3.63) is 42.2 Å². The van der Waals surface area contributed by atoms with Crippen LogP contribution in [0.5, 0.6) is 0 Å². The average molecular weight is 216 g/mol. The smallest absolute Gasteiger partial charge is 0.236 e. The summed E-state index contributed by atoms with van der Waals surface area (Å²) in [6.45, 7) is 2.28. The molecule has 0 saturated heterocycles. The molecule has 5 nitrogen and oxygen atoms in total. The number of ether oxygens (including phenoxy) is 1. The second kappa shape index (κ2) is 4.57.